The van der Waals surface area contributed by atoms with Gasteiger partial charge in [-0.15, -0.1) is 11.3 Å². The molecule has 0 saturated carbocycles. The Morgan fingerprint density at radius 3 is 2.61 bits per heavy atom. The van der Waals surface area contributed by atoms with Crippen molar-refractivity contribution in [3.05, 3.63) is 17.0 Å². The first-order valence-electron chi connectivity index (χ1n) is 6.22. The van der Waals surface area contributed by atoms with Gasteiger partial charge in [0, 0.05) is 11.4 Å². The van der Waals surface area contributed by atoms with Gasteiger partial charge in [0.1, 0.15) is 4.21 Å². The van der Waals surface area contributed by atoms with Crippen LogP contribution in [0.25, 0.3) is 0 Å². The Balaban J connectivity index is 1.90. The van der Waals surface area contributed by atoms with Gasteiger partial charge < -0.3 is 4.90 Å². The van der Waals surface area contributed by atoms with Gasteiger partial charge in [-0.25, -0.2) is 13.1 Å². The zero-order chi connectivity index (χ0) is 13.2. The molecule has 1 aliphatic heterocycles. The average molecular weight is 288 g/mol. The highest BCUT2D eigenvalue weighted by Gasteiger charge is 2.21. The third-order valence-corrected chi connectivity index (χ3v) is 6.30. The standard InChI is InChI=1S/C12H20N2O2S2/c1-10-3-4-12(17-10)18(15,16)13-9-11-5-7-14(2)8-6-11/h3-4,11,13H,5-9H2,1-2H3. The van der Waals surface area contributed by atoms with Gasteiger partial charge in [0.2, 0.25) is 10.0 Å². The van der Waals surface area contributed by atoms with Gasteiger partial charge in [0.15, 0.2) is 0 Å². The van der Waals surface area contributed by atoms with Crippen molar-refractivity contribution in [1.82, 2.24) is 9.62 Å². The number of nitrogens with one attached hydrogen (secondary N) is 1. The first-order chi connectivity index (χ1) is 8.47. The number of piperidine rings is 1. The zero-order valence-corrected chi connectivity index (χ0v) is 12.5. The van der Waals surface area contributed by atoms with Crippen LogP contribution in [0.2, 0.25) is 0 Å². The van der Waals surface area contributed by atoms with Gasteiger partial charge >= 0.3 is 0 Å². The van der Waals surface area contributed by atoms with Crippen molar-refractivity contribution in [2.45, 2.75) is 24.0 Å². The van der Waals surface area contributed by atoms with Crippen molar-refractivity contribution in [2.75, 3.05) is 26.7 Å². The largest absolute Gasteiger partial charge is 0.306 e. The molecule has 18 heavy (non-hydrogen) atoms. The third-order valence-electron chi connectivity index (χ3n) is 3.38. The second kappa shape index (κ2) is 5.69. The Bertz CT molecular complexity index is 488. The van der Waals surface area contributed by atoms with Gasteiger partial charge in [0.25, 0.3) is 0 Å². The number of nitrogens with zero attached hydrogens (tertiary/aromatic N) is 1. The summed E-state index contributed by atoms with van der Waals surface area (Å²) in [5.74, 6) is 0.469. The molecule has 0 radical (unpaired) electrons. The Morgan fingerprint density at radius 1 is 1.39 bits per heavy atom. The molecular formula is C12H20N2O2S2. The van der Waals surface area contributed by atoms with E-state index in [-0.39, 0.29) is 0 Å². The summed E-state index contributed by atoms with van der Waals surface area (Å²) >= 11 is 1.32. The molecule has 102 valence electrons. The van der Waals surface area contributed by atoms with E-state index in [9.17, 15) is 8.42 Å². The lowest BCUT2D eigenvalue weighted by Gasteiger charge is -2.28. The Labute approximate surface area is 113 Å². The van der Waals surface area contributed by atoms with Gasteiger partial charge in [-0.2, -0.15) is 0 Å². The molecule has 6 heteroatoms. The van der Waals surface area contributed by atoms with E-state index in [0.29, 0.717) is 16.7 Å². The fourth-order valence-electron chi connectivity index (χ4n) is 2.12. The van der Waals surface area contributed by atoms with E-state index in [1.165, 1.54) is 11.3 Å². The van der Waals surface area contributed by atoms with Gasteiger partial charge in [-0.3, -0.25) is 0 Å². The molecule has 1 aromatic heterocycles. The molecule has 1 aliphatic rings. The number of sulfonamides is 1. The highest BCUT2D eigenvalue weighted by molar-refractivity contribution is 7.91. The van der Waals surface area contributed by atoms with E-state index in [2.05, 4.69) is 16.7 Å². The lowest BCUT2D eigenvalue weighted by atomic mass is 9.98. The number of rotatable bonds is 4. The predicted molar refractivity (Wildman–Crippen MR) is 74.5 cm³/mol. The van der Waals surface area contributed by atoms with Gasteiger partial charge in [-0.1, -0.05) is 0 Å². The molecule has 0 unspecified atom stereocenters. The fourth-order valence-corrected chi connectivity index (χ4v) is 4.57. The first-order valence-corrected chi connectivity index (χ1v) is 8.52. The number of hydrogen-bond donors (Lipinski definition) is 1. The molecule has 0 aliphatic carbocycles. The van der Waals surface area contributed by atoms with Crippen LogP contribution in [0, 0.1) is 12.8 Å². The van der Waals surface area contributed by atoms with Crippen LogP contribution in [0.4, 0.5) is 0 Å². The van der Waals surface area contributed by atoms with Crippen molar-refractivity contribution >= 4 is 21.4 Å². The van der Waals surface area contributed by atoms with Crippen LogP contribution in [0.5, 0.6) is 0 Å². The van der Waals surface area contributed by atoms with Gasteiger partial charge in [0.05, 0.1) is 0 Å². The summed E-state index contributed by atoms with van der Waals surface area (Å²) in [6.45, 7) is 4.60. The molecule has 0 amide bonds. The van der Waals surface area contributed by atoms with Crippen LogP contribution >= 0.6 is 11.3 Å². The maximum absolute atomic E-state index is 12.0. The quantitative estimate of drug-likeness (QED) is 0.917. The minimum Gasteiger partial charge on any atom is -0.306 e. The Kier molecular flexibility index (Phi) is 4.42. The number of aryl methyl sites for hydroxylation is 1. The summed E-state index contributed by atoms with van der Waals surface area (Å²) < 4.78 is 27.2. The molecule has 0 atom stereocenters. The highest BCUT2D eigenvalue weighted by Crippen LogP contribution is 2.21. The predicted octanol–water partition coefficient (Wildman–Crippen LogP) is 1.68. The Morgan fingerprint density at radius 2 is 2.06 bits per heavy atom. The number of hydrogen-bond acceptors (Lipinski definition) is 4. The van der Waals surface area contributed by atoms with Crippen LogP contribution in [0.1, 0.15) is 17.7 Å². The molecule has 2 heterocycles. The SMILES string of the molecule is Cc1ccc(S(=O)(=O)NCC2CCN(C)CC2)s1. The number of likely N-dealkylation sites (tertiary alicyclic amines) is 1. The first kappa shape index (κ1) is 14.0. The minimum atomic E-state index is -3.30. The molecule has 1 saturated heterocycles. The lowest BCUT2D eigenvalue weighted by Crippen LogP contribution is -2.36. The smallest absolute Gasteiger partial charge is 0.250 e. The molecule has 2 rings (SSSR count). The minimum absolute atomic E-state index is 0.424. The molecule has 1 aromatic rings. The normalized spacial score (nSPS) is 19.2. The monoisotopic (exact) mass is 288 g/mol. The zero-order valence-electron chi connectivity index (χ0n) is 10.8. The van der Waals surface area contributed by atoms with Crippen molar-refractivity contribution in [3.8, 4) is 0 Å². The Hall–Kier alpha value is -0.430. The van der Waals surface area contributed by atoms with E-state index in [1.54, 1.807) is 6.07 Å². The maximum atomic E-state index is 12.0. The summed E-state index contributed by atoms with van der Waals surface area (Å²) in [5.41, 5.74) is 0. The van der Waals surface area contributed by atoms with Crippen molar-refractivity contribution in [1.29, 1.82) is 0 Å². The molecule has 0 spiro atoms. The molecule has 0 bridgehead atoms. The van der Waals surface area contributed by atoms with E-state index >= 15 is 0 Å². The van der Waals surface area contributed by atoms with E-state index in [1.807, 2.05) is 13.0 Å². The van der Waals surface area contributed by atoms with E-state index in [4.69, 9.17) is 0 Å². The van der Waals surface area contributed by atoms with Crippen molar-refractivity contribution in [3.63, 3.8) is 0 Å². The summed E-state index contributed by atoms with van der Waals surface area (Å²) in [6.07, 6.45) is 2.14. The molecular weight excluding hydrogens is 268 g/mol. The second-order valence-corrected chi connectivity index (χ2v) is 8.25. The van der Waals surface area contributed by atoms with E-state index in [0.717, 1.165) is 30.8 Å². The lowest BCUT2D eigenvalue weighted by molar-refractivity contribution is 0.220. The van der Waals surface area contributed by atoms with Crippen molar-refractivity contribution in [2.24, 2.45) is 5.92 Å². The summed E-state index contributed by atoms with van der Waals surface area (Å²) in [7, 11) is -1.19. The van der Waals surface area contributed by atoms with Gasteiger partial charge in [-0.05, 0) is 58.0 Å². The second-order valence-electron chi connectivity index (χ2n) is 4.96. The van der Waals surface area contributed by atoms with Crippen LogP contribution in [-0.2, 0) is 10.0 Å². The highest BCUT2D eigenvalue weighted by atomic mass is 32.2. The van der Waals surface area contributed by atoms with E-state index < -0.39 is 10.0 Å². The maximum Gasteiger partial charge on any atom is 0.250 e. The molecule has 4 nitrogen and oxygen atoms in total. The summed E-state index contributed by atoms with van der Waals surface area (Å²) in [4.78, 5) is 3.31. The van der Waals surface area contributed by atoms with Crippen LogP contribution in [-0.4, -0.2) is 40.0 Å². The molecule has 1 fully saturated rings. The summed E-state index contributed by atoms with van der Waals surface area (Å²) in [5, 5.41) is 0. The van der Waals surface area contributed by atoms with Crippen LogP contribution < -0.4 is 4.72 Å². The average Bonchev–Trinajstić information content (AvgIpc) is 2.76. The van der Waals surface area contributed by atoms with Crippen LogP contribution in [0.15, 0.2) is 16.3 Å². The van der Waals surface area contributed by atoms with Crippen LogP contribution in [0.3, 0.4) is 0 Å². The molecule has 1 N–H and O–H groups in total. The number of thiophene rings is 1. The fraction of sp³-hybridized carbons (Fsp3) is 0.667. The topological polar surface area (TPSA) is 49.4 Å². The third kappa shape index (κ3) is 3.54. The van der Waals surface area contributed by atoms with Crippen molar-refractivity contribution < 1.29 is 8.42 Å². The molecule has 0 aromatic carbocycles. The summed E-state index contributed by atoms with van der Waals surface area (Å²) in [6, 6.07) is 3.52.